The van der Waals surface area contributed by atoms with E-state index in [1.165, 1.54) is 0 Å². The van der Waals surface area contributed by atoms with Gasteiger partial charge in [-0.1, -0.05) is 18.2 Å². The molecular formula is C19H31NO5. The van der Waals surface area contributed by atoms with Crippen molar-refractivity contribution in [3.05, 3.63) is 24.8 Å². The van der Waals surface area contributed by atoms with Gasteiger partial charge in [0.05, 0.1) is 32.0 Å². The van der Waals surface area contributed by atoms with Gasteiger partial charge in [-0.3, -0.25) is 9.69 Å². The monoisotopic (exact) mass is 353 g/mol. The van der Waals surface area contributed by atoms with Gasteiger partial charge in [0.15, 0.2) is 0 Å². The molecule has 0 unspecified atom stereocenters. The Labute approximate surface area is 150 Å². The minimum Gasteiger partial charge on any atom is -0.481 e. The van der Waals surface area contributed by atoms with Gasteiger partial charge >= 0.3 is 5.97 Å². The van der Waals surface area contributed by atoms with Crippen molar-refractivity contribution in [1.29, 1.82) is 0 Å². The van der Waals surface area contributed by atoms with Gasteiger partial charge in [-0.25, -0.2) is 0 Å². The van der Waals surface area contributed by atoms with Crippen molar-refractivity contribution in [2.75, 3.05) is 32.9 Å². The zero-order valence-electron chi connectivity index (χ0n) is 14.9. The summed E-state index contributed by atoms with van der Waals surface area (Å²) in [6, 6.07) is 0.103. The van der Waals surface area contributed by atoms with Crippen LogP contribution in [-0.2, 0) is 14.3 Å². The second kappa shape index (κ2) is 10.7. The Morgan fingerprint density at radius 3 is 2.68 bits per heavy atom. The maximum Gasteiger partial charge on any atom is 0.303 e. The van der Waals surface area contributed by atoms with E-state index in [1.54, 1.807) is 6.08 Å². The number of ether oxygens (including phenoxy) is 2. The molecule has 2 N–H and O–H groups in total. The van der Waals surface area contributed by atoms with E-state index in [1.807, 2.05) is 6.08 Å². The molecule has 4 atom stereocenters. The van der Waals surface area contributed by atoms with E-state index in [9.17, 15) is 9.90 Å². The van der Waals surface area contributed by atoms with Gasteiger partial charge in [-0.05, 0) is 19.3 Å². The Morgan fingerprint density at radius 1 is 1.28 bits per heavy atom. The topological polar surface area (TPSA) is 79.2 Å². The van der Waals surface area contributed by atoms with Gasteiger partial charge < -0.3 is 19.7 Å². The van der Waals surface area contributed by atoms with Crippen LogP contribution in [0.15, 0.2) is 24.8 Å². The molecule has 1 aliphatic heterocycles. The molecule has 1 saturated carbocycles. The standard InChI is InChI=1S/C19H31NO5/c1-2-11-25-17-14-16(21)19(20-9-12-24-13-10-20)15(17)7-5-3-4-6-8-18(22)23/h2-4,15-17,19,21H,1,5-14H2,(H,22,23)/b4-3-/t15-,16+,17-,19+/m0/s1. The van der Waals surface area contributed by atoms with Crippen LogP contribution in [0.2, 0.25) is 0 Å². The highest BCUT2D eigenvalue weighted by atomic mass is 16.5. The molecule has 6 heteroatoms. The number of aliphatic hydroxyl groups excluding tert-OH is 1. The normalized spacial score (nSPS) is 30.8. The lowest BCUT2D eigenvalue weighted by atomic mass is 9.93. The van der Waals surface area contributed by atoms with E-state index >= 15 is 0 Å². The summed E-state index contributed by atoms with van der Waals surface area (Å²) < 4.78 is 11.4. The molecule has 0 spiro atoms. The van der Waals surface area contributed by atoms with E-state index in [0.29, 0.717) is 32.7 Å². The number of aliphatic hydroxyl groups is 1. The zero-order chi connectivity index (χ0) is 18.1. The molecule has 142 valence electrons. The predicted molar refractivity (Wildman–Crippen MR) is 95.5 cm³/mol. The summed E-state index contributed by atoms with van der Waals surface area (Å²) in [5, 5.41) is 19.3. The molecule has 2 fully saturated rings. The maximum atomic E-state index is 10.6. The summed E-state index contributed by atoms with van der Waals surface area (Å²) in [4.78, 5) is 12.9. The van der Waals surface area contributed by atoms with Crippen molar-refractivity contribution in [3.63, 3.8) is 0 Å². The smallest absolute Gasteiger partial charge is 0.303 e. The highest BCUT2D eigenvalue weighted by Crippen LogP contribution is 2.36. The summed E-state index contributed by atoms with van der Waals surface area (Å²) >= 11 is 0. The number of carboxylic acid groups (broad SMARTS) is 1. The Balaban J connectivity index is 1.93. The summed E-state index contributed by atoms with van der Waals surface area (Å²) in [6.07, 6.45) is 8.56. The van der Waals surface area contributed by atoms with Crippen LogP contribution in [0.1, 0.15) is 32.1 Å². The largest absolute Gasteiger partial charge is 0.481 e. The highest BCUT2D eigenvalue weighted by molar-refractivity contribution is 5.66. The second-order valence-corrected chi connectivity index (χ2v) is 6.75. The lowest BCUT2D eigenvalue weighted by Gasteiger charge is -2.37. The van der Waals surface area contributed by atoms with E-state index in [0.717, 1.165) is 25.9 Å². The van der Waals surface area contributed by atoms with Crippen LogP contribution in [0.5, 0.6) is 0 Å². The molecule has 0 bridgehead atoms. The van der Waals surface area contributed by atoms with Crippen molar-refractivity contribution < 1.29 is 24.5 Å². The molecule has 2 aliphatic rings. The van der Waals surface area contributed by atoms with Crippen LogP contribution >= 0.6 is 0 Å². The first-order valence-corrected chi connectivity index (χ1v) is 9.22. The third kappa shape index (κ3) is 6.22. The van der Waals surface area contributed by atoms with Crippen LogP contribution in [-0.4, -0.2) is 72.2 Å². The quantitative estimate of drug-likeness (QED) is 0.584. The number of aliphatic carboxylic acids is 1. The van der Waals surface area contributed by atoms with E-state index in [-0.39, 0.29) is 30.6 Å². The predicted octanol–water partition coefficient (Wildman–Crippen LogP) is 1.84. The summed E-state index contributed by atoms with van der Waals surface area (Å²) in [5.41, 5.74) is 0. The van der Waals surface area contributed by atoms with Gasteiger partial charge in [-0.15, -0.1) is 6.58 Å². The molecule has 1 aliphatic carbocycles. The Bertz CT molecular complexity index is 447. The molecule has 1 saturated heterocycles. The first-order chi connectivity index (χ1) is 12.1. The van der Waals surface area contributed by atoms with Crippen LogP contribution in [0.3, 0.4) is 0 Å². The molecule has 0 aromatic rings. The average molecular weight is 353 g/mol. The average Bonchev–Trinajstić information content (AvgIpc) is 2.92. The number of nitrogens with zero attached hydrogens (tertiary/aromatic N) is 1. The Morgan fingerprint density at radius 2 is 2.00 bits per heavy atom. The maximum absolute atomic E-state index is 10.6. The van der Waals surface area contributed by atoms with Crippen LogP contribution < -0.4 is 0 Å². The van der Waals surface area contributed by atoms with Crippen molar-refractivity contribution in [2.45, 2.75) is 50.4 Å². The minimum atomic E-state index is -0.770. The van der Waals surface area contributed by atoms with Gasteiger partial charge in [0.1, 0.15) is 0 Å². The molecule has 0 aromatic carbocycles. The molecule has 0 amide bonds. The SMILES string of the molecule is C=CCO[C@H]1C[C@@H](O)[C@H](N2CCOCC2)[C@H]1CC/C=C\CCC(=O)O. The third-order valence-corrected chi connectivity index (χ3v) is 5.04. The van der Waals surface area contributed by atoms with Crippen LogP contribution in [0.4, 0.5) is 0 Å². The lowest BCUT2D eigenvalue weighted by molar-refractivity contribution is -0.136. The van der Waals surface area contributed by atoms with Crippen LogP contribution in [0, 0.1) is 5.92 Å². The van der Waals surface area contributed by atoms with Gasteiger partial charge in [0, 0.05) is 37.9 Å². The van der Waals surface area contributed by atoms with Gasteiger partial charge in [-0.2, -0.15) is 0 Å². The van der Waals surface area contributed by atoms with E-state index in [4.69, 9.17) is 14.6 Å². The molecule has 0 aromatic heterocycles. The first-order valence-electron chi connectivity index (χ1n) is 9.22. The first kappa shape index (κ1) is 20.1. The van der Waals surface area contributed by atoms with E-state index < -0.39 is 5.97 Å². The third-order valence-electron chi connectivity index (χ3n) is 5.04. The molecule has 25 heavy (non-hydrogen) atoms. The van der Waals surface area contributed by atoms with Crippen molar-refractivity contribution in [2.24, 2.45) is 5.92 Å². The highest BCUT2D eigenvalue weighted by Gasteiger charge is 2.45. The minimum absolute atomic E-state index is 0.0354. The van der Waals surface area contributed by atoms with Crippen molar-refractivity contribution in [3.8, 4) is 0 Å². The Hall–Kier alpha value is -1.21. The molecule has 2 rings (SSSR count). The second-order valence-electron chi connectivity index (χ2n) is 6.75. The number of hydrogen-bond donors (Lipinski definition) is 2. The molecule has 0 radical (unpaired) electrons. The molecule has 6 nitrogen and oxygen atoms in total. The fraction of sp³-hybridized carbons (Fsp3) is 0.737. The van der Waals surface area contributed by atoms with Gasteiger partial charge in [0.2, 0.25) is 0 Å². The number of allylic oxidation sites excluding steroid dienone is 2. The number of morpholine rings is 1. The summed E-state index contributed by atoms with van der Waals surface area (Å²) in [6.45, 7) is 7.33. The van der Waals surface area contributed by atoms with Gasteiger partial charge in [0.25, 0.3) is 0 Å². The number of rotatable bonds is 10. The number of carbonyl (C=O) groups is 1. The summed E-state index contributed by atoms with van der Waals surface area (Å²) in [5.74, 6) is -0.508. The Kier molecular flexibility index (Phi) is 8.61. The number of hydrogen-bond acceptors (Lipinski definition) is 5. The van der Waals surface area contributed by atoms with E-state index in [2.05, 4.69) is 17.6 Å². The fourth-order valence-electron chi connectivity index (χ4n) is 3.92. The molecular weight excluding hydrogens is 322 g/mol. The lowest BCUT2D eigenvalue weighted by Crippen LogP contribution is -2.50. The zero-order valence-corrected chi connectivity index (χ0v) is 14.9. The van der Waals surface area contributed by atoms with Crippen molar-refractivity contribution in [1.82, 2.24) is 4.90 Å². The van der Waals surface area contributed by atoms with Crippen molar-refractivity contribution >= 4 is 5.97 Å². The molecule has 1 heterocycles. The fourth-order valence-corrected chi connectivity index (χ4v) is 3.92. The summed E-state index contributed by atoms with van der Waals surface area (Å²) in [7, 11) is 0. The number of carboxylic acids is 1. The van der Waals surface area contributed by atoms with Crippen LogP contribution in [0.25, 0.3) is 0 Å².